The average Bonchev–Trinajstić information content (AvgIpc) is 3.20. The molecule has 1 atom stereocenters. The normalized spacial score (nSPS) is 28.9. The summed E-state index contributed by atoms with van der Waals surface area (Å²) < 4.78 is 0. The standard InChI is InChI=1S/C24H31N5O5/c1-3-4-12-24(17-8-6-5-7-9-17)20(32)28(21(33)26-24)15-18(30)27-29-19(31)23(25-22(29)34)13-10-16(2)11-14-23/h5-9,16H,3-4,10-15H2,1-2H3,(H,25,34)(H,26,33)(H,27,30). The van der Waals surface area contributed by atoms with Gasteiger partial charge in [-0.05, 0) is 43.6 Å². The van der Waals surface area contributed by atoms with E-state index in [-0.39, 0.29) is 0 Å². The summed E-state index contributed by atoms with van der Waals surface area (Å²) in [5.41, 5.74) is 0.693. The quantitative estimate of drug-likeness (QED) is 0.527. The molecule has 2 aliphatic heterocycles. The van der Waals surface area contributed by atoms with Crippen molar-refractivity contribution in [3.8, 4) is 0 Å². The maximum Gasteiger partial charge on any atom is 0.344 e. The number of unbranched alkanes of at least 4 members (excludes halogenated alkanes) is 1. The Hall–Kier alpha value is -3.43. The minimum Gasteiger partial charge on any atom is -0.322 e. The van der Waals surface area contributed by atoms with E-state index in [1.54, 1.807) is 24.3 Å². The third kappa shape index (κ3) is 4.01. The van der Waals surface area contributed by atoms with E-state index >= 15 is 0 Å². The Morgan fingerprint density at radius 3 is 2.35 bits per heavy atom. The topological polar surface area (TPSA) is 128 Å². The molecule has 3 fully saturated rings. The average molecular weight is 470 g/mol. The van der Waals surface area contributed by atoms with Gasteiger partial charge in [-0.2, -0.15) is 5.01 Å². The fourth-order valence-electron chi connectivity index (χ4n) is 5.06. The number of urea groups is 2. The summed E-state index contributed by atoms with van der Waals surface area (Å²) in [7, 11) is 0. The van der Waals surface area contributed by atoms with E-state index in [9.17, 15) is 24.0 Å². The Morgan fingerprint density at radius 1 is 1.03 bits per heavy atom. The van der Waals surface area contributed by atoms with E-state index in [1.165, 1.54) is 0 Å². The molecule has 1 saturated carbocycles. The van der Waals surface area contributed by atoms with Crippen molar-refractivity contribution < 1.29 is 24.0 Å². The summed E-state index contributed by atoms with van der Waals surface area (Å²) in [6, 6.07) is 7.56. The first kappa shape index (κ1) is 23.7. The molecule has 1 aliphatic carbocycles. The van der Waals surface area contributed by atoms with E-state index in [0.29, 0.717) is 42.2 Å². The first-order valence-corrected chi connectivity index (χ1v) is 11.9. The minimum absolute atomic E-state index is 0.393. The Bertz CT molecular complexity index is 1000. The Labute approximate surface area is 198 Å². The molecule has 4 rings (SSSR count). The molecule has 0 bridgehead atoms. The van der Waals surface area contributed by atoms with E-state index in [2.05, 4.69) is 23.0 Å². The largest absolute Gasteiger partial charge is 0.344 e. The van der Waals surface area contributed by atoms with Crippen molar-refractivity contribution >= 4 is 29.8 Å². The second-order valence-corrected chi connectivity index (χ2v) is 9.57. The summed E-state index contributed by atoms with van der Waals surface area (Å²) in [5, 5.41) is 6.19. The summed E-state index contributed by atoms with van der Waals surface area (Å²) in [6.07, 6.45) is 4.54. The molecule has 182 valence electrons. The highest BCUT2D eigenvalue weighted by molar-refractivity contribution is 6.11. The monoisotopic (exact) mass is 469 g/mol. The summed E-state index contributed by atoms with van der Waals surface area (Å²) in [6.45, 7) is 3.48. The van der Waals surface area contributed by atoms with Crippen molar-refractivity contribution in [3.05, 3.63) is 35.9 Å². The zero-order chi connectivity index (χ0) is 24.5. The van der Waals surface area contributed by atoms with Crippen molar-refractivity contribution in [1.29, 1.82) is 0 Å². The number of carbonyl (C=O) groups excluding carboxylic acids is 5. The zero-order valence-corrected chi connectivity index (χ0v) is 19.6. The predicted molar refractivity (Wildman–Crippen MR) is 122 cm³/mol. The van der Waals surface area contributed by atoms with Crippen LogP contribution >= 0.6 is 0 Å². The van der Waals surface area contributed by atoms with Crippen LogP contribution in [0.2, 0.25) is 0 Å². The second-order valence-electron chi connectivity index (χ2n) is 9.57. The number of rotatable bonds is 7. The summed E-state index contributed by atoms with van der Waals surface area (Å²) in [4.78, 5) is 65.2. The molecule has 10 heteroatoms. The number of carbonyl (C=O) groups is 5. The highest BCUT2D eigenvalue weighted by Gasteiger charge is 2.54. The van der Waals surface area contributed by atoms with Gasteiger partial charge in [0.1, 0.15) is 17.6 Å². The molecule has 0 radical (unpaired) electrons. The highest BCUT2D eigenvalue weighted by atomic mass is 16.2. The molecule has 1 aromatic rings. The molecule has 3 N–H and O–H groups in total. The van der Waals surface area contributed by atoms with Gasteiger partial charge in [0, 0.05) is 0 Å². The van der Waals surface area contributed by atoms with Crippen LogP contribution in [0.1, 0.15) is 64.4 Å². The second kappa shape index (κ2) is 9.08. The Morgan fingerprint density at radius 2 is 1.71 bits per heavy atom. The maximum atomic E-state index is 13.4. The molecule has 3 aliphatic rings. The van der Waals surface area contributed by atoms with Gasteiger partial charge >= 0.3 is 12.1 Å². The van der Waals surface area contributed by atoms with Gasteiger partial charge in [-0.1, -0.05) is 57.0 Å². The van der Waals surface area contributed by atoms with Gasteiger partial charge in [-0.3, -0.25) is 24.7 Å². The zero-order valence-electron chi connectivity index (χ0n) is 19.6. The van der Waals surface area contributed by atoms with Gasteiger partial charge in [-0.15, -0.1) is 0 Å². The van der Waals surface area contributed by atoms with Crippen LogP contribution < -0.4 is 16.1 Å². The Kier molecular flexibility index (Phi) is 6.33. The lowest BCUT2D eigenvalue weighted by Gasteiger charge is -2.33. The molecule has 2 saturated heterocycles. The fraction of sp³-hybridized carbons (Fsp3) is 0.542. The number of hydrogen-bond donors (Lipinski definition) is 3. The van der Waals surface area contributed by atoms with Crippen LogP contribution in [0.15, 0.2) is 30.3 Å². The van der Waals surface area contributed by atoms with Gasteiger partial charge in [0.25, 0.3) is 17.7 Å². The van der Waals surface area contributed by atoms with Crippen molar-refractivity contribution in [2.24, 2.45) is 5.92 Å². The van der Waals surface area contributed by atoms with Crippen LogP contribution in [0, 0.1) is 5.92 Å². The molecule has 34 heavy (non-hydrogen) atoms. The van der Waals surface area contributed by atoms with Gasteiger partial charge in [0.05, 0.1) is 0 Å². The van der Waals surface area contributed by atoms with Crippen LogP contribution in [0.5, 0.6) is 0 Å². The van der Waals surface area contributed by atoms with Crippen molar-refractivity contribution in [2.45, 2.75) is 69.9 Å². The van der Waals surface area contributed by atoms with Gasteiger partial charge in [-0.25, -0.2) is 9.59 Å². The lowest BCUT2D eigenvalue weighted by atomic mass is 9.77. The van der Waals surface area contributed by atoms with Crippen LogP contribution in [0.25, 0.3) is 0 Å². The first-order valence-electron chi connectivity index (χ1n) is 11.9. The maximum absolute atomic E-state index is 13.4. The smallest absolute Gasteiger partial charge is 0.322 e. The van der Waals surface area contributed by atoms with E-state index in [0.717, 1.165) is 24.2 Å². The number of nitrogens with one attached hydrogen (secondary N) is 3. The van der Waals surface area contributed by atoms with Crippen LogP contribution in [-0.2, 0) is 19.9 Å². The van der Waals surface area contributed by atoms with Crippen LogP contribution in [-0.4, -0.2) is 51.8 Å². The van der Waals surface area contributed by atoms with Crippen molar-refractivity contribution in [2.75, 3.05) is 6.54 Å². The third-order valence-corrected chi connectivity index (χ3v) is 7.18. The van der Waals surface area contributed by atoms with Gasteiger partial charge in [0.15, 0.2) is 0 Å². The molecule has 1 spiro atoms. The Balaban J connectivity index is 1.47. The third-order valence-electron chi connectivity index (χ3n) is 7.18. The van der Waals surface area contributed by atoms with E-state index in [1.807, 2.05) is 13.0 Å². The molecule has 7 amide bonds. The number of imide groups is 2. The van der Waals surface area contributed by atoms with Crippen molar-refractivity contribution in [3.63, 3.8) is 0 Å². The lowest BCUT2D eigenvalue weighted by Crippen LogP contribution is -2.53. The van der Waals surface area contributed by atoms with Crippen LogP contribution in [0.4, 0.5) is 9.59 Å². The lowest BCUT2D eigenvalue weighted by molar-refractivity contribution is -0.141. The van der Waals surface area contributed by atoms with Crippen LogP contribution in [0.3, 0.4) is 0 Å². The molecule has 1 unspecified atom stereocenters. The van der Waals surface area contributed by atoms with Crippen molar-refractivity contribution in [1.82, 2.24) is 26.0 Å². The fourth-order valence-corrected chi connectivity index (χ4v) is 5.06. The van der Waals surface area contributed by atoms with Gasteiger partial charge in [0.2, 0.25) is 0 Å². The molecular formula is C24H31N5O5. The number of hydrogen-bond acceptors (Lipinski definition) is 5. The molecule has 1 aromatic carbocycles. The molecule has 10 nitrogen and oxygen atoms in total. The molecule has 0 aromatic heterocycles. The molecule has 2 heterocycles. The summed E-state index contributed by atoms with van der Waals surface area (Å²) >= 11 is 0. The SMILES string of the molecule is CCCCC1(c2ccccc2)NC(=O)N(CC(=O)NN2C(=O)NC3(CCC(C)CC3)C2=O)C1=O. The highest BCUT2D eigenvalue weighted by Crippen LogP contribution is 2.36. The summed E-state index contributed by atoms with van der Waals surface area (Å²) in [5.74, 6) is -1.36. The minimum atomic E-state index is -1.25. The van der Waals surface area contributed by atoms with E-state index in [4.69, 9.17) is 0 Å². The number of nitrogens with zero attached hydrogens (tertiary/aromatic N) is 2. The number of amides is 7. The van der Waals surface area contributed by atoms with Gasteiger partial charge < -0.3 is 10.6 Å². The first-order chi connectivity index (χ1) is 16.2. The van der Waals surface area contributed by atoms with E-state index < -0.39 is 47.4 Å². The number of hydrazine groups is 1. The number of benzene rings is 1. The predicted octanol–water partition coefficient (Wildman–Crippen LogP) is 2.16. The molecular weight excluding hydrogens is 438 g/mol.